The molecular formula is C13H10BrCl2NO2S. The largest absolute Gasteiger partial charge is 0.399 e. The van der Waals surface area contributed by atoms with Crippen molar-refractivity contribution in [3.8, 4) is 0 Å². The molecule has 0 bridgehead atoms. The van der Waals surface area contributed by atoms with E-state index < -0.39 is 9.84 Å². The second-order valence-electron chi connectivity index (χ2n) is 4.19. The summed E-state index contributed by atoms with van der Waals surface area (Å²) >= 11 is 14.9. The molecule has 106 valence electrons. The second-order valence-corrected chi connectivity index (χ2v) is 7.84. The van der Waals surface area contributed by atoms with Gasteiger partial charge < -0.3 is 5.73 Å². The third-order valence-electron chi connectivity index (χ3n) is 2.67. The van der Waals surface area contributed by atoms with Crippen molar-refractivity contribution >= 4 is 54.7 Å². The van der Waals surface area contributed by atoms with Gasteiger partial charge in [-0.15, -0.1) is 0 Å². The molecule has 0 heterocycles. The fourth-order valence-electron chi connectivity index (χ4n) is 1.64. The lowest BCUT2D eigenvalue weighted by molar-refractivity contribution is 0.595. The lowest BCUT2D eigenvalue weighted by Crippen LogP contribution is -2.06. The average Bonchev–Trinajstić information content (AvgIpc) is 2.36. The standard InChI is InChI=1S/C13H10BrCl2NO2S/c14-11-5-9(17)2-1-8(11)7-20(18,19)10-3-4-12(15)13(16)6-10/h1-6H,7,17H2. The fraction of sp³-hybridized carbons (Fsp3) is 0.0769. The normalized spacial score (nSPS) is 11.6. The first-order valence-corrected chi connectivity index (χ1v) is 8.71. The number of halogens is 3. The Balaban J connectivity index is 2.38. The smallest absolute Gasteiger partial charge is 0.182 e. The lowest BCUT2D eigenvalue weighted by Gasteiger charge is -2.08. The van der Waals surface area contributed by atoms with E-state index in [1.54, 1.807) is 18.2 Å². The Morgan fingerprint density at radius 1 is 1.05 bits per heavy atom. The van der Waals surface area contributed by atoms with Crippen molar-refractivity contribution < 1.29 is 8.42 Å². The highest BCUT2D eigenvalue weighted by Crippen LogP contribution is 2.28. The van der Waals surface area contributed by atoms with E-state index in [1.807, 2.05) is 0 Å². The van der Waals surface area contributed by atoms with E-state index in [2.05, 4.69) is 15.9 Å². The van der Waals surface area contributed by atoms with Crippen molar-refractivity contribution in [3.05, 3.63) is 56.5 Å². The van der Waals surface area contributed by atoms with Gasteiger partial charge in [-0.2, -0.15) is 0 Å². The van der Waals surface area contributed by atoms with Gasteiger partial charge in [0.1, 0.15) is 0 Å². The minimum atomic E-state index is -3.50. The van der Waals surface area contributed by atoms with E-state index in [9.17, 15) is 8.42 Å². The van der Waals surface area contributed by atoms with E-state index >= 15 is 0 Å². The Kier molecular flexibility index (Phi) is 4.64. The minimum Gasteiger partial charge on any atom is -0.399 e. The fourth-order valence-corrected chi connectivity index (χ4v) is 4.12. The zero-order valence-electron chi connectivity index (χ0n) is 10.1. The molecule has 0 aliphatic carbocycles. The molecule has 2 aromatic carbocycles. The topological polar surface area (TPSA) is 60.2 Å². The number of rotatable bonds is 3. The predicted molar refractivity (Wildman–Crippen MR) is 85.9 cm³/mol. The Bertz CT molecular complexity index is 763. The Labute approximate surface area is 135 Å². The highest BCUT2D eigenvalue weighted by atomic mass is 79.9. The van der Waals surface area contributed by atoms with Crippen LogP contribution in [0.3, 0.4) is 0 Å². The molecule has 2 aromatic rings. The van der Waals surface area contributed by atoms with Gasteiger partial charge in [0, 0.05) is 10.2 Å². The van der Waals surface area contributed by atoms with Gasteiger partial charge >= 0.3 is 0 Å². The number of anilines is 1. The molecule has 0 amide bonds. The summed E-state index contributed by atoms with van der Waals surface area (Å²) in [6.45, 7) is 0. The average molecular weight is 395 g/mol. The summed E-state index contributed by atoms with van der Waals surface area (Å²) in [5, 5.41) is 0.531. The summed E-state index contributed by atoms with van der Waals surface area (Å²) in [7, 11) is -3.50. The minimum absolute atomic E-state index is 0.135. The maximum Gasteiger partial charge on any atom is 0.182 e. The Morgan fingerprint density at radius 2 is 1.75 bits per heavy atom. The maximum absolute atomic E-state index is 12.3. The molecule has 0 fully saturated rings. The van der Waals surface area contributed by atoms with Gasteiger partial charge in [-0.1, -0.05) is 45.2 Å². The molecule has 0 aromatic heterocycles. The Morgan fingerprint density at radius 3 is 2.35 bits per heavy atom. The summed E-state index contributed by atoms with van der Waals surface area (Å²) in [4.78, 5) is 0.135. The Hall–Kier alpha value is -0.750. The van der Waals surface area contributed by atoms with Crippen molar-refractivity contribution in [1.29, 1.82) is 0 Å². The molecule has 3 nitrogen and oxygen atoms in total. The third-order valence-corrected chi connectivity index (χ3v) is 5.81. The molecule has 2 N–H and O–H groups in total. The molecule has 2 rings (SSSR count). The molecule has 0 spiro atoms. The zero-order chi connectivity index (χ0) is 14.9. The molecule has 7 heteroatoms. The summed E-state index contributed by atoms with van der Waals surface area (Å²) in [6, 6.07) is 9.26. The van der Waals surface area contributed by atoms with Gasteiger partial charge in [-0.25, -0.2) is 8.42 Å². The van der Waals surface area contributed by atoms with Gasteiger partial charge in [-0.3, -0.25) is 0 Å². The molecule has 0 aliphatic rings. The molecule has 20 heavy (non-hydrogen) atoms. The van der Waals surface area contributed by atoms with Crippen LogP contribution in [0.1, 0.15) is 5.56 Å². The van der Waals surface area contributed by atoms with E-state index in [-0.39, 0.29) is 15.7 Å². The van der Waals surface area contributed by atoms with Gasteiger partial charge in [0.15, 0.2) is 9.84 Å². The number of sulfone groups is 1. The zero-order valence-corrected chi connectivity index (χ0v) is 14.0. The van der Waals surface area contributed by atoms with Crippen molar-refractivity contribution in [3.63, 3.8) is 0 Å². The number of nitrogen functional groups attached to an aromatic ring is 1. The van der Waals surface area contributed by atoms with E-state index in [1.165, 1.54) is 18.2 Å². The highest BCUT2D eigenvalue weighted by molar-refractivity contribution is 9.10. The maximum atomic E-state index is 12.3. The van der Waals surface area contributed by atoms with Crippen LogP contribution < -0.4 is 5.73 Å². The molecule has 0 saturated carbocycles. The molecule has 0 atom stereocenters. The first-order valence-electron chi connectivity index (χ1n) is 5.51. The molecule has 0 radical (unpaired) electrons. The van der Waals surface area contributed by atoms with Gasteiger partial charge in [0.2, 0.25) is 0 Å². The lowest BCUT2D eigenvalue weighted by atomic mass is 10.2. The number of nitrogens with two attached hydrogens (primary N) is 1. The first-order chi connectivity index (χ1) is 9.29. The highest BCUT2D eigenvalue weighted by Gasteiger charge is 2.18. The third kappa shape index (κ3) is 3.47. The SMILES string of the molecule is Nc1ccc(CS(=O)(=O)c2ccc(Cl)c(Cl)c2)c(Br)c1. The summed E-state index contributed by atoms with van der Waals surface area (Å²) in [5.41, 5.74) is 6.82. The van der Waals surface area contributed by atoms with Crippen molar-refractivity contribution in [2.75, 3.05) is 5.73 Å². The second kappa shape index (κ2) is 5.93. The number of hydrogen-bond acceptors (Lipinski definition) is 3. The van der Waals surface area contributed by atoms with E-state index in [0.717, 1.165) is 0 Å². The van der Waals surface area contributed by atoms with Crippen LogP contribution in [-0.4, -0.2) is 8.42 Å². The van der Waals surface area contributed by atoms with Gasteiger partial charge in [0.25, 0.3) is 0 Å². The number of benzene rings is 2. The monoisotopic (exact) mass is 393 g/mol. The van der Waals surface area contributed by atoms with Crippen LogP contribution in [-0.2, 0) is 15.6 Å². The summed E-state index contributed by atoms with van der Waals surface area (Å²) in [5.74, 6) is -0.147. The van der Waals surface area contributed by atoms with E-state index in [0.29, 0.717) is 20.7 Å². The van der Waals surface area contributed by atoms with Crippen molar-refractivity contribution in [2.24, 2.45) is 0 Å². The van der Waals surface area contributed by atoms with Crippen molar-refractivity contribution in [2.45, 2.75) is 10.6 Å². The predicted octanol–water partition coefficient (Wildman–Crippen LogP) is 4.31. The number of hydrogen-bond donors (Lipinski definition) is 1. The van der Waals surface area contributed by atoms with Crippen LogP contribution >= 0.6 is 39.1 Å². The van der Waals surface area contributed by atoms with Crippen LogP contribution in [0.15, 0.2) is 45.8 Å². The molecular weight excluding hydrogens is 385 g/mol. The molecule has 0 unspecified atom stereocenters. The summed E-state index contributed by atoms with van der Waals surface area (Å²) in [6.07, 6.45) is 0. The quantitative estimate of drug-likeness (QED) is 0.789. The van der Waals surface area contributed by atoms with Gasteiger partial charge in [0.05, 0.1) is 20.7 Å². The molecule has 0 aliphatic heterocycles. The van der Waals surface area contributed by atoms with Crippen LogP contribution in [0.4, 0.5) is 5.69 Å². The van der Waals surface area contributed by atoms with Crippen LogP contribution in [0.5, 0.6) is 0 Å². The van der Waals surface area contributed by atoms with Crippen LogP contribution in [0.25, 0.3) is 0 Å². The van der Waals surface area contributed by atoms with Crippen molar-refractivity contribution in [1.82, 2.24) is 0 Å². The first kappa shape index (κ1) is 15.6. The van der Waals surface area contributed by atoms with E-state index in [4.69, 9.17) is 28.9 Å². The van der Waals surface area contributed by atoms with Crippen LogP contribution in [0, 0.1) is 0 Å². The molecule has 0 saturated heterocycles. The van der Waals surface area contributed by atoms with Gasteiger partial charge in [-0.05, 0) is 35.9 Å². The summed E-state index contributed by atoms with van der Waals surface area (Å²) < 4.78 is 25.4. The van der Waals surface area contributed by atoms with Crippen LogP contribution in [0.2, 0.25) is 10.0 Å².